The van der Waals surface area contributed by atoms with Gasteiger partial charge in [0.05, 0.1) is 6.61 Å². The van der Waals surface area contributed by atoms with Crippen LogP contribution in [0.5, 0.6) is 17.2 Å². The number of benzene rings is 1. The van der Waals surface area contributed by atoms with Gasteiger partial charge in [-0.05, 0) is 25.3 Å². The molecule has 0 radical (unpaired) electrons. The fraction of sp³-hybridized carbons (Fsp3) is 0.625. The van der Waals surface area contributed by atoms with Gasteiger partial charge in [0.25, 0.3) is 0 Å². The molecule has 1 aromatic carbocycles. The van der Waals surface area contributed by atoms with E-state index < -0.39 is 0 Å². The minimum absolute atomic E-state index is 0.244. The number of fused-ring (bicyclic) bond motifs is 1. The lowest BCUT2D eigenvalue weighted by molar-refractivity contribution is 0.173. The largest absolute Gasteiger partial charge is 0.493 e. The van der Waals surface area contributed by atoms with Crippen LogP contribution in [0.1, 0.15) is 38.7 Å². The van der Waals surface area contributed by atoms with Gasteiger partial charge in [-0.2, -0.15) is 0 Å². The smallest absolute Gasteiger partial charge is 0.231 e. The average Bonchev–Trinajstić information content (AvgIpc) is 2.91. The Hall–Kier alpha value is -1.46. The minimum atomic E-state index is 0.244. The molecule has 1 aliphatic rings. The molecule has 0 bridgehead atoms. The van der Waals surface area contributed by atoms with Crippen LogP contribution in [-0.2, 0) is 6.54 Å². The third-order valence-electron chi connectivity index (χ3n) is 3.32. The van der Waals surface area contributed by atoms with E-state index in [-0.39, 0.29) is 13.4 Å². The zero-order valence-corrected chi connectivity index (χ0v) is 12.9. The maximum atomic E-state index is 8.77. The molecule has 0 saturated carbocycles. The molecule has 5 nitrogen and oxygen atoms in total. The molecule has 1 aliphatic heterocycles. The third-order valence-corrected chi connectivity index (χ3v) is 3.32. The number of rotatable bonds is 9. The molecule has 2 rings (SSSR count). The van der Waals surface area contributed by atoms with Crippen LogP contribution in [0.2, 0.25) is 0 Å². The van der Waals surface area contributed by atoms with Crippen LogP contribution in [0.25, 0.3) is 0 Å². The first-order valence-corrected chi connectivity index (χ1v) is 7.60. The van der Waals surface area contributed by atoms with Crippen molar-refractivity contribution in [2.75, 3.05) is 20.0 Å². The van der Waals surface area contributed by atoms with Gasteiger partial charge in [0.2, 0.25) is 6.79 Å². The summed E-state index contributed by atoms with van der Waals surface area (Å²) in [7, 11) is 0. The van der Waals surface area contributed by atoms with Crippen molar-refractivity contribution in [2.24, 2.45) is 0 Å². The Labute approximate surface area is 126 Å². The highest BCUT2D eigenvalue weighted by molar-refractivity contribution is 5.51. The number of aliphatic hydroxyl groups excluding tert-OH is 1. The van der Waals surface area contributed by atoms with E-state index in [1.54, 1.807) is 0 Å². The maximum Gasteiger partial charge on any atom is 0.231 e. The van der Waals surface area contributed by atoms with Crippen LogP contribution in [0.3, 0.4) is 0 Å². The summed E-state index contributed by atoms with van der Waals surface area (Å²) in [4.78, 5) is 0. The Kier molecular flexibility index (Phi) is 6.14. The molecule has 0 fully saturated rings. The zero-order chi connectivity index (χ0) is 15.1. The molecule has 0 aromatic heterocycles. The van der Waals surface area contributed by atoms with Gasteiger partial charge < -0.3 is 24.6 Å². The molecule has 0 atom stereocenters. The summed E-state index contributed by atoms with van der Waals surface area (Å²) in [5.41, 5.74) is 1.08. The minimum Gasteiger partial charge on any atom is -0.493 e. The predicted molar refractivity (Wildman–Crippen MR) is 81.0 cm³/mol. The van der Waals surface area contributed by atoms with E-state index in [0.29, 0.717) is 12.6 Å². The highest BCUT2D eigenvalue weighted by Gasteiger charge is 2.18. The van der Waals surface area contributed by atoms with Gasteiger partial charge in [0, 0.05) is 30.8 Å². The van der Waals surface area contributed by atoms with Crippen molar-refractivity contribution in [1.29, 1.82) is 0 Å². The van der Waals surface area contributed by atoms with Gasteiger partial charge in [-0.15, -0.1) is 0 Å². The van der Waals surface area contributed by atoms with E-state index in [0.717, 1.165) is 48.6 Å². The highest BCUT2D eigenvalue weighted by Crippen LogP contribution is 2.38. The quantitative estimate of drug-likeness (QED) is 0.685. The van der Waals surface area contributed by atoms with Crippen molar-refractivity contribution in [3.8, 4) is 17.2 Å². The standard InChI is InChI=1S/C16H25NO4/c1-12(2)17-10-13-8-15-16(21-11-20-15)9-14(13)19-7-5-3-4-6-18/h8-9,12,17-18H,3-7,10-11H2,1-2H3. The second-order valence-electron chi connectivity index (χ2n) is 5.48. The van der Waals surface area contributed by atoms with Crippen molar-refractivity contribution in [1.82, 2.24) is 5.32 Å². The summed E-state index contributed by atoms with van der Waals surface area (Å²) in [5, 5.41) is 12.2. The molecule has 1 heterocycles. The second-order valence-corrected chi connectivity index (χ2v) is 5.48. The van der Waals surface area contributed by atoms with Crippen LogP contribution >= 0.6 is 0 Å². The molecule has 21 heavy (non-hydrogen) atoms. The van der Waals surface area contributed by atoms with E-state index >= 15 is 0 Å². The van der Waals surface area contributed by atoms with E-state index in [1.807, 2.05) is 12.1 Å². The van der Waals surface area contributed by atoms with Crippen LogP contribution in [0.4, 0.5) is 0 Å². The van der Waals surface area contributed by atoms with Crippen LogP contribution in [-0.4, -0.2) is 31.2 Å². The molecule has 5 heteroatoms. The second kappa shape index (κ2) is 8.10. The Morgan fingerprint density at radius 3 is 2.67 bits per heavy atom. The lowest BCUT2D eigenvalue weighted by Crippen LogP contribution is -2.22. The monoisotopic (exact) mass is 295 g/mol. The normalized spacial score (nSPS) is 13.0. The summed E-state index contributed by atoms with van der Waals surface area (Å²) in [6, 6.07) is 4.31. The van der Waals surface area contributed by atoms with Gasteiger partial charge >= 0.3 is 0 Å². The van der Waals surface area contributed by atoms with Gasteiger partial charge in [0.1, 0.15) is 5.75 Å². The van der Waals surface area contributed by atoms with Crippen molar-refractivity contribution in [2.45, 2.75) is 45.7 Å². The summed E-state index contributed by atoms with van der Waals surface area (Å²) < 4.78 is 16.7. The van der Waals surface area contributed by atoms with Gasteiger partial charge in [0.15, 0.2) is 11.5 Å². The number of ether oxygens (including phenoxy) is 3. The number of hydrogen-bond acceptors (Lipinski definition) is 5. The van der Waals surface area contributed by atoms with Gasteiger partial charge in [-0.1, -0.05) is 13.8 Å². The highest BCUT2D eigenvalue weighted by atomic mass is 16.7. The summed E-state index contributed by atoms with van der Waals surface area (Å²) in [5.74, 6) is 2.37. The molecule has 2 N–H and O–H groups in total. The predicted octanol–water partition coefficient (Wildman–Crippen LogP) is 2.45. The fourth-order valence-electron chi connectivity index (χ4n) is 2.12. The number of hydrogen-bond donors (Lipinski definition) is 2. The Bertz CT molecular complexity index is 448. The van der Waals surface area contributed by atoms with Crippen molar-refractivity contribution >= 4 is 0 Å². The Morgan fingerprint density at radius 2 is 1.95 bits per heavy atom. The average molecular weight is 295 g/mol. The third kappa shape index (κ3) is 4.79. The molecule has 0 unspecified atom stereocenters. The van der Waals surface area contributed by atoms with Crippen molar-refractivity contribution in [3.05, 3.63) is 17.7 Å². The molecule has 1 aromatic rings. The van der Waals surface area contributed by atoms with Crippen LogP contribution in [0.15, 0.2) is 12.1 Å². The SMILES string of the molecule is CC(C)NCc1cc2c(cc1OCCCCCO)OCO2. The molecule has 0 aliphatic carbocycles. The first-order valence-electron chi connectivity index (χ1n) is 7.60. The zero-order valence-electron chi connectivity index (χ0n) is 12.9. The summed E-state index contributed by atoms with van der Waals surface area (Å²) >= 11 is 0. The molecule has 0 amide bonds. The van der Waals surface area contributed by atoms with E-state index in [1.165, 1.54) is 0 Å². The molecular weight excluding hydrogens is 270 g/mol. The van der Waals surface area contributed by atoms with Crippen molar-refractivity contribution < 1.29 is 19.3 Å². The first kappa shape index (κ1) is 15.9. The van der Waals surface area contributed by atoms with E-state index in [2.05, 4.69) is 19.2 Å². The number of unbranched alkanes of at least 4 members (excludes halogenated alkanes) is 2. The maximum absolute atomic E-state index is 8.77. The van der Waals surface area contributed by atoms with Gasteiger partial charge in [-0.25, -0.2) is 0 Å². The van der Waals surface area contributed by atoms with Crippen LogP contribution < -0.4 is 19.5 Å². The summed E-state index contributed by atoms with van der Waals surface area (Å²) in [6.07, 6.45) is 2.74. The first-order chi connectivity index (χ1) is 10.2. The van der Waals surface area contributed by atoms with E-state index in [4.69, 9.17) is 19.3 Å². The van der Waals surface area contributed by atoms with Crippen molar-refractivity contribution in [3.63, 3.8) is 0 Å². The molecule has 118 valence electrons. The van der Waals surface area contributed by atoms with Gasteiger partial charge in [-0.3, -0.25) is 0 Å². The molecule has 0 saturated heterocycles. The Balaban J connectivity index is 1.98. The summed E-state index contributed by atoms with van der Waals surface area (Å²) in [6.45, 7) is 6.12. The van der Waals surface area contributed by atoms with Crippen LogP contribution in [0, 0.1) is 0 Å². The molecular formula is C16H25NO4. The number of aliphatic hydroxyl groups is 1. The Morgan fingerprint density at radius 1 is 1.19 bits per heavy atom. The van der Waals surface area contributed by atoms with E-state index in [9.17, 15) is 0 Å². The number of nitrogens with one attached hydrogen (secondary N) is 1. The lowest BCUT2D eigenvalue weighted by Gasteiger charge is -2.14. The molecule has 0 spiro atoms. The lowest BCUT2D eigenvalue weighted by atomic mass is 10.1. The fourth-order valence-corrected chi connectivity index (χ4v) is 2.12. The topological polar surface area (TPSA) is 60.0 Å².